The molecule has 0 atom stereocenters. The van der Waals surface area contributed by atoms with Crippen molar-refractivity contribution < 1.29 is 29.5 Å². The van der Waals surface area contributed by atoms with Crippen LogP contribution in [0.1, 0.15) is 0 Å². The van der Waals surface area contributed by atoms with Crippen molar-refractivity contribution in [2.75, 3.05) is 26.2 Å². The van der Waals surface area contributed by atoms with Gasteiger partial charge in [0.05, 0.1) is 19.8 Å². The van der Waals surface area contributed by atoms with Crippen LogP contribution in [0.4, 0.5) is 0 Å². The van der Waals surface area contributed by atoms with Crippen molar-refractivity contribution >= 4 is 15.9 Å². The molecule has 0 aliphatic carbocycles. The van der Waals surface area contributed by atoms with E-state index in [0.717, 1.165) is 10.9 Å². The fourth-order valence-corrected chi connectivity index (χ4v) is 3.46. The maximum Gasteiger partial charge on any atom is 0.170 e. The lowest BCUT2D eigenvalue weighted by Gasteiger charge is -2.18. The minimum Gasteiger partial charge on any atom is -0.508 e. The van der Waals surface area contributed by atoms with E-state index in [1.165, 1.54) is 20.3 Å². The highest BCUT2D eigenvalue weighted by atomic mass is 79.9. The molecule has 0 saturated heterocycles. The number of methoxy groups -OCH3 is 2. The Hall–Kier alpha value is -3.32. The molecule has 3 aromatic rings. The van der Waals surface area contributed by atoms with Crippen LogP contribution in [0.2, 0.25) is 0 Å². The molecular formula is C24H23BrO6. The third-order valence-corrected chi connectivity index (χ3v) is 5.03. The standard InChI is InChI=1S/C24H23BrO6/c1-29-21-14-18(15-5-8-17(26)9-6-15)24(30-2)23(28)22(21)16-7-10-20(19(27)13-16)31-12-4-3-11-25/h3-10,13-14,26-28H,11-12H2,1-2H3. The molecular weight excluding hydrogens is 464 g/mol. The van der Waals surface area contributed by atoms with Crippen LogP contribution in [0.25, 0.3) is 22.3 Å². The summed E-state index contributed by atoms with van der Waals surface area (Å²) in [5.41, 5.74) is 2.25. The second-order valence-corrected chi connectivity index (χ2v) is 7.20. The lowest BCUT2D eigenvalue weighted by Crippen LogP contribution is -1.97. The number of alkyl halides is 1. The van der Waals surface area contributed by atoms with Crippen molar-refractivity contribution in [3.63, 3.8) is 0 Å². The van der Waals surface area contributed by atoms with Crippen LogP contribution < -0.4 is 14.2 Å². The van der Waals surface area contributed by atoms with Gasteiger partial charge < -0.3 is 29.5 Å². The number of phenolic OH excluding ortho intramolecular Hbond substituents is 3. The minimum absolute atomic E-state index is 0.0622. The van der Waals surface area contributed by atoms with E-state index in [-0.39, 0.29) is 23.0 Å². The summed E-state index contributed by atoms with van der Waals surface area (Å²) in [5, 5.41) is 31.7. The lowest BCUT2D eigenvalue weighted by molar-refractivity contribution is 0.336. The number of benzene rings is 3. The zero-order valence-electron chi connectivity index (χ0n) is 17.1. The Bertz CT molecular complexity index is 1080. The van der Waals surface area contributed by atoms with E-state index in [4.69, 9.17) is 14.2 Å². The van der Waals surface area contributed by atoms with Gasteiger partial charge >= 0.3 is 0 Å². The van der Waals surface area contributed by atoms with Gasteiger partial charge in [0.15, 0.2) is 23.0 Å². The van der Waals surface area contributed by atoms with Gasteiger partial charge in [0.25, 0.3) is 0 Å². The summed E-state index contributed by atoms with van der Waals surface area (Å²) in [6.07, 6.45) is 3.74. The number of hydrogen-bond donors (Lipinski definition) is 3. The van der Waals surface area contributed by atoms with Crippen LogP contribution in [-0.4, -0.2) is 41.5 Å². The van der Waals surface area contributed by atoms with Gasteiger partial charge in [-0.05, 0) is 41.5 Å². The first-order valence-corrected chi connectivity index (χ1v) is 10.6. The quantitative estimate of drug-likeness (QED) is 0.288. The molecule has 0 fully saturated rings. The SMILES string of the molecule is COc1cc(-c2ccc(O)cc2)c(OC)c(O)c1-c1ccc(OCC=CCBr)c(O)c1. The van der Waals surface area contributed by atoms with Gasteiger partial charge in [-0.2, -0.15) is 0 Å². The van der Waals surface area contributed by atoms with E-state index in [2.05, 4.69) is 15.9 Å². The highest BCUT2D eigenvalue weighted by Gasteiger charge is 2.22. The maximum absolute atomic E-state index is 11.0. The number of phenols is 3. The first kappa shape index (κ1) is 22.4. The van der Waals surface area contributed by atoms with Crippen molar-refractivity contribution in [1.82, 2.24) is 0 Å². The average molecular weight is 487 g/mol. The number of aromatic hydroxyl groups is 3. The van der Waals surface area contributed by atoms with Crippen molar-refractivity contribution in [2.45, 2.75) is 0 Å². The van der Waals surface area contributed by atoms with Crippen molar-refractivity contribution in [1.29, 1.82) is 0 Å². The molecule has 0 spiro atoms. The van der Waals surface area contributed by atoms with E-state index >= 15 is 0 Å². The molecule has 162 valence electrons. The van der Waals surface area contributed by atoms with Gasteiger partial charge in [0, 0.05) is 10.9 Å². The molecule has 0 amide bonds. The summed E-state index contributed by atoms with van der Waals surface area (Å²) >= 11 is 3.29. The highest BCUT2D eigenvalue weighted by Crippen LogP contribution is 2.50. The third-order valence-electron chi connectivity index (χ3n) is 4.66. The molecule has 31 heavy (non-hydrogen) atoms. The Morgan fingerprint density at radius 2 is 1.55 bits per heavy atom. The van der Waals surface area contributed by atoms with Crippen LogP contribution in [0, 0.1) is 0 Å². The maximum atomic E-state index is 11.0. The Balaban J connectivity index is 2.06. The molecule has 0 heterocycles. The average Bonchev–Trinajstić information content (AvgIpc) is 2.77. The van der Waals surface area contributed by atoms with Gasteiger partial charge in [-0.25, -0.2) is 0 Å². The van der Waals surface area contributed by atoms with Crippen LogP contribution >= 0.6 is 15.9 Å². The van der Waals surface area contributed by atoms with E-state index in [1.54, 1.807) is 42.5 Å². The molecule has 0 radical (unpaired) electrons. The largest absolute Gasteiger partial charge is 0.508 e. The smallest absolute Gasteiger partial charge is 0.170 e. The minimum atomic E-state index is -0.127. The molecule has 0 aliphatic rings. The molecule has 3 N–H and O–H groups in total. The predicted molar refractivity (Wildman–Crippen MR) is 124 cm³/mol. The molecule has 0 unspecified atom stereocenters. The summed E-state index contributed by atoms with van der Waals surface area (Å²) in [6.45, 7) is 0.322. The van der Waals surface area contributed by atoms with E-state index in [1.807, 2.05) is 12.2 Å². The van der Waals surface area contributed by atoms with Crippen molar-refractivity contribution in [3.05, 3.63) is 60.7 Å². The summed E-state index contributed by atoms with van der Waals surface area (Å²) in [5.74, 6) is 0.923. The summed E-state index contributed by atoms with van der Waals surface area (Å²) in [7, 11) is 2.96. The number of ether oxygens (including phenoxy) is 3. The predicted octanol–water partition coefficient (Wildman–Crippen LogP) is 5.48. The normalized spacial score (nSPS) is 10.9. The Labute approximate surface area is 189 Å². The molecule has 0 bridgehead atoms. The zero-order chi connectivity index (χ0) is 22.4. The number of rotatable bonds is 8. The summed E-state index contributed by atoms with van der Waals surface area (Å²) in [6, 6.07) is 13.1. The fourth-order valence-electron chi connectivity index (χ4n) is 3.19. The summed E-state index contributed by atoms with van der Waals surface area (Å²) in [4.78, 5) is 0. The van der Waals surface area contributed by atoms with Gasteiger partial charge in [-0.15, -0.1) is 0 Å². The molecule has 0 aliphatic heterocycles. The zero-order valence-corrected chi connectivity index (χ0v) is 18.7. The topological polar surface area (TPSA) is 88.4 Å². The molecule has 7 heteroatoms. The second kappa shape index (κ2) is 10.1. The van der Waals surface area contributed by atoms with Crippen LogP contribution in [0.3, 0.4) is 0 Å². The first-order valence-electron chi connectivity index (χ1n) is 9.44. The lowest BCUT2D eigenvalue weighted by atomic mass is 9.96. The fraction of sp³-hybridized carbons (Fsp3) is 0.167. The summed E-state index contributed by atoms with van der Waals surface area (Å²) < 4.78 is 16.6. The molecule has 0 saturated carbocycles. The van der Waals surface area contributed by atoms with Crippen LogP contribution in [0.5, 0.6) is 34.5 Å². The van der Waals surface area contributed by atoms with Crippen LogP contribution in [0.15, 0.2) is 60.7 Å². The Morgan fingerprint density at radius 3 is 2.16 bits per heavy atom. The van der Waals surface area contributed by atoms with Gasteiger partial charge in [0.2, 0.25) is 0 Å². The third kappa shape index (κ3) is 4.88. The van der Waals surface area contributed by atoms with E-state index < -0.39 is 0 Å². The van der Waals surface area contributed by atoms with Gasteiger partial charge in [-0.1, -0.05) is 46.3 Å². The molecule has 3 aromatic carbocycles. The number of halogens is 1. The molecule has 0 aromatic heterocycles. The molecule has 3 rings (SSSR count). The van der Waals surface area contributed by atoms with E-state index in [0.29, 0.717) is 34.8 Å². The Kier molecular flexibility index (Phi) is 7.31. The number of allylic oxidation sites excluding steroid dienone is 1. The number of hydrogen-bond acceptors (Lipinski definition) is 6. The van der Waals surface area contributed by atoms with Crippen molar-refractivity contribution in [2.24, 2.45) is 0 Å². The van der Waals surface area contributed by atoms with Gasteiger partial charge in [0.1, 0.15) is 18.1 Å². The van der Waals surface area contributed by atoms with Gasteiger partial charge in [-0.3, -0.25) is 0 Å². The van der Waals surface area contributed by atoms with E-state index in [9.17, 15) is 15.3 Å². The van der Waals surface area contributed by atoms with Crippen LogP contribution in [-0.2, 0) is 0 Å². The molecule has 6 nitrogen and oxygen atoms in total. The monoisotopic (exact) mass is 486 g/mol. The van der Waals surface area contributed by atoms with Crippen molar-refractivity contribution in [3.8, 4) is 56.8 Å². The first-order chi connectivity index (χ1) is 15.0. The highest BCUT2D eigenvalue weighted by molar-refractivity contribution is 9.09. The second-order valence-electron chi connectivity index (χ2n) is 6.55. The Morgan fingerprint density at radius 1 is 0.839 bits per heavy atom.